The quantitative estimate of drug-likeness (QED) is 0.448. The van der Waals surface area contributed by atoms with Crippen molar-refractivity contribution in [2.75, 3.05) is 50.7 Å². The molecule has 9 nitrogen and oxygen atoms in total. The third-order valence-electron chi connectivity index (χ3n) is 3.21. The van der Waals surface area contributed by atoms with Crippen LogP contribution >= 0.6 is 15.9 Å². The molecule has 1 aromatic heterocycles. The van der Waals surface area contributed by atoms with Gasteiger partial charge in [0, 0.05) is 0 Å². The summed E-state index contributed by atoms with van der Waals surface area (Å²) in [7, 11) is 0. The zero-order valence-corrected chi connectivity index (χ0v) is 16.1. The van der Waals surface area contributed by atoms with Gasteiger partial charge in [0.15, 0.2) is 11.5 Å². The number of nitrogens with two attached hydrogens (primary N) is 1. The van der Waals surface area contributed by atoms with E-state index >= 15 is 0 Å². The van der Waals surface area contributed by atoms with Crippen molar-refractivity contribution in [1.29, 1.82) is 0 Å². The van der Waals surface area contributed by atoms with E-state index in [0.717, 1.165) is 0 Å². The predicted molar refractivity (Wildman–Crippen MR) is 103 cm³/mol. The van der Waals surface area contributed by atoms with E-state index in [4.69, 9.17) is 25.1 Å². The molecular weight excluding hydrogens is 420 g/mol. The molecular formula is C17H21BrN4O5. The molecule has 0 saturated heterocycles. The first-order valence-electron chi connectivity index (χ1n) is 8.19. The number of aliphatic hydroxyl groups is 1. The number of benzene rings is 1. The lowest BCUT2D eigenvalue weighted by Crippen LogP contribution is -2.18. The van der Waals surface area contributed by atoms with Crippen LogP contribution in [-0.4, -0.2) is 60.6 Å². The first-order chi connectivity index (χ1) is 13.1. The molecule has 4 N–H and O–H groups in total. The maximum Gasteiger partial charge on any atom is 0.278 e. The number of nitrogens with zero attached hydrogens (tertiary/aromatic N) is 2. The first-order valence-corrected chi connectivity index (χ1v) is 8.98. The topological polar surface area (TPSA) is 129 Å². The van der Waals surface area contributed by atoms with Crippen LogP contribution in [0, 0.1) is 0 Å². The zero-order chi connectivity index (χ0) is 19.5. The van der Waals surface area contributed by atoms with Gasteiger partial charge in [-0.15, -0.1) is 0 Å². The molecule has 0 radical (unpaired) electrons. The van der Waals surface area contributed by atoms with Crippen LogP contribution in [-0.2, 0) is 9.47 Å². The third kappa shape index (κ3) is 7.10. The molecule has 0 spiro atoms. The lowest BCUT2D eigenvalue weighted by molar-refractivity contribution is 0.0248. The van der Waals surface area contributed by atoms with Crippen molar-refractivity contribution in [1.82, 2.24) is 9.97 Å². The highest BCUT2D eigenvalue weighted by molar-refractivity contribution is 9.10. The van der Waals surface area contributed by atoms with Crippen molar-refractivity contribution in [2.45, 2.75) is 0 Å². The smallest absolute Gasteiger partial charge is 0.278 e. The van der Waals surface area contributed by atoms with Gasteiger partial charge < -0.3 is 30.4 Å². The van der Waals surface area contributed by atoms with Gasteiger partial charge in [0.25, 0.3) is 5.91 Å². The standard InChI is InChI=1S/C17H21BrN4O5/c18-14-11-20-16(19)15(22-14)17(24)21-12-3-1-2-4-13(12)27-10-9-26-8-7-25-6-5-23/h1-4,11,23H,5-10H2,(H2,19,20)(H,21,24). The normalized spacial score (nSPS) is 10.6. The summed E-state index contributed by atoms with van der Waals surface area (Å²) in [4.78, 5) is 20.4. The third-order valence-corrected chi connectivity index (χ3v) is 3.60. The first kappa shape index (κ1) is 21.0. The minimum atomic E-state index is -0.491. The number of halogens is 1. The number of para-hydroxylation sites is 2. The number of aromatic nitrogens is 2. The van der Waals surface area contributed by atoms with E-state index in [-0.39, 0.29) is 18.1 Å². The summed E-state index contributed by atoms with van der Waals surface area (Å²) in [6, 6.07) is 7.00. The fourth-order valence-corrected chi connectivity index (χ4v) is 2.30. The fraction of sp³-hybridized carbons (Fsp3) is 0.353. The summed E-state index contributed by atoms with van der Waals surface area (Å²) in [5.41, 5.74) is 6.21. The molecule has 27 heavy (non-hydrogen) atoms. The van der Waals surface area contributed by atoms with E-state index in [2.05, 4.69) is 31.2 Å². The number of aliphatic hydroxyl groups excluding tert-OH is 1. The molecule has 1 aromatic carbocycles. The Balaban J connectivity index is 1.86. The van der Waals surface area contributed by atoms with Gasteiger partial charge in [-0.2, -0.15) is 0 Å². The molecule has 2 aromatic rings. The van der Waals surface area contributed by atoms with E-state index in [0.29, 0.717) is 49.1 Å². The second-order valence-electron chi connectivity index (χ2n) is 5.17. The Morgan fingerprint density at radius 1 is 1.15 bits per heavy atom. The fourth-order valence-electron chi connectivity index (χ4n) is 2.02. The highest BCUT2D eigenvalue weighted by atomic mass is 79.9. The van der Waals surface area contributed by atoms with Crippen LogP contribution in [0.3, 0.4) is 0 Å². The van der Waals surface area contributed by atoms with E-state index < -0.39 is 5.91 Å². The Morgan fingerprint density at radius 3 is 2.63 bits per heavy atom. The molecule has 0 aliphatic heterocycles. The maximum atomic E-state index is 12.4. The Labute approximate surface area is 165 Å². The Morgan fingerprint density at radius 2 is 1.85 bits per heavy atom. The van der Waals surface area contributed by atoms with Crippen LogP contribution < -0.4 is 15.8 Å². The second-order valence-corrected chi connectivity index (χ2v) is 5.99. The molecule has 1 amide bonds. The molecule has 0 aliphatic carbocycles. The lowest BCUT2D eigenvalue weighted by atomic mass is 10.2. The highest BCUT2D eigenvalue weighted by Crippen LogP contribution is 2.24. The van der Waals surface area contributed by atoms with Crippen LogP contribution in [0.2, 0.25) is 0 Å². The monoisotopic (exact) mass is 440 g/mol. The average Bonchev–Trinajstić information content (AvgIpc) is 2.67. The number of ether oxygens (including phenoxy) is 3. The predicted octanol–water partition coefficient (Wildman–Crippen LogP) is 1.48. The molecule has 0 aliphatic rings. The molecule has 146 valence electrons. The Hall–Kier alpha value is -2.27. The van der Waals surface area contributed by atoms with Gasteiger partial charge in [0.2, 0.25) is 0 Å². The molecule has 1 heterocycles. The Bertz CT molecular complexity index is 747. The van der Waals surface area contributed by atoms with Crippen LogP contribution in [0.5, 0.6) is 5.75 Å². The highest BCUT2D eigenvalue weighted by Gasteiger charge is 2.15. The Kier molecular flexibility index (Phi) is 8.92. The lowest BCUT2D eigenvalue weighted by Gasteiger charge is -2.13. The van der Waals surface area contributed by atoms with Crippen LogP contribution in [0.15, 0.2) is 35.1 Å². The molecule has 0 saturated carbocycles. The van der Waals surface area contributed by atoms with Crippen molar-refractivity contribution in [3.05, 3.63) is 40.8 Å². The SMILES string of the molecule is Nc1ncc(Br)nc1C(=O)Nc1ccccc1OCCOCCOCCO. The number of nitrogens with one attached hydrogen (secondary N) is 1. The summed E-state index contributed by atoms with van der Waals surface area (Å²) < 4.78 is 16.5. The second kappa shape index (κ2) is 11.4. The molecule has 10 heteroatoms. The molecule has 0 fully saturated rings. The van der Waals surface area contributed by atoms with Gasteiger partial charge in [-0.25, -0.2) is 9.97 Å². The number of anilines is 2. The molecule has 0 atom stereocenters. The van der Waals surface area contributed by atoms with Crippen molar-refractivity contribution < 1.29 is 24.1 Å². The van der Waals surface area contributed by atoms with Crippen LogP contribution in [0.1, 0.15) is 10.5 Å². The summed E-state index contributed by atoms with van der Waals surface area (Å²) in [5.74, 6) is 0.0352. The number of amides is 1. The van der Waals surface area contributed by atoms with Gasteiger partial charge in [-0.05, 0) is 28.1 Å². The molecule has 2 rings (SSSR count). The van der Waals surface area contributed by atoms with Gasteiger partial charge >= 0.3 is 0 Å². The molecule has 0 unspecified atom stereocenters. The summed E-state index contributed by atoms with van der Waals surface area (Å²) in [6.45, 7) is 1.74. The number of hydrogen-bond acceptors (Lipinski definition) is 8. The van der Waals surface area contributed by atoms with Crippen molar-refractivity contribution >= 4 is 33.3 Å². The van der Waals surface area contributed by atoms with E-state index in [1.54, 1.807) is 24.3 Å². The maximum absolute atomic E-state index is 12.4. The van der Waals surface area contributed by atoms with Crippen LogP contribution in [0.4, 0.5) is 11.5 Å². The van der Waals surface area contributed by atoms with Crippen molar-refractivity contribution in [2.24, 2.45) is 0 Å². The summed E-state index contributed by atoms with van der Waals surface area (Å²) in [5, 5.41) is 11.3. The van der Waals surface area contributed by atoms with Gasteiger partial charge in [0.05, 0.1) is 44.9 Å². The van der Waals surface area contributed by atoms with Crippen molar-refractivity contribution in [3.8, 4) is 5.75 Å². The minimum Gasteiger partial charge on any atom is -0.489 e. The average molecular weight is 441 g/mol. The zero-order valence-electron chi connectivity index (χ0n) is 14.6. The number of rotatable bonds is 11. The minimum absolute atomic E-state index is 0.0111. The molecule has 0 bridgehead atoms. The van der Waals surface area contributed by atoms with Gasteiger partial charge in [0.1, 0.15) is 17.0 Å². The van der Waals surface area contributed by atoms with E-state index in [9.17, 15) is 4.79 Å². The van der Waals surface area contributed by atoms with Crippen LogP contribution in [0.25, 0.3) is 0 Å². The number of hydrogen-bond donors (Lipinski definition) is 3. The van der Waals surface area contributed by atoms with E-state index in [1.807, 2.05) is 0 Å². The number of nitrogen functional groups attached to an aromatic ring is 1. The number of carbonyl (C=O) groups is 1. The van der Waals surface area contributed by atoms with Crippen molar-refractivity contribution in [3.63, 3.8) is 0 Å². The summed E-state index contributed by atoms with van der Waals surface area (Å²) in [6.07, 6.45) is 1.41. The number of carbonyl (C=O) groups excluding carboxylic acids is 1. The largest absolute Gasteiger partial charge is 0.489 e. The van der Waals surface area contributed by atoms with Gasteiger partial charge in [-0.1, -0.05) is 12.1 Å². The van der Waals surface area contributed by atoms with E-state index in [1.165, 1.54) is 6.20 Å². The van der Waals surface area contributed by atoms with Gasteiger partial charge in [-0.3, -0.25) is 4.79 Å². The summed E-state index contributed by atoms with van der Waals surface area (Å²) >= 11 is 3.16.